The second kappa shape index (κ2) is 10.1. The summed E-state index contributed by atoms with van der Waals surface area (Å²) in [7, 11) is 0. The van der Waals surface area contributed by atoms with E-state index < -0.39 is 6.10 Å². The van der Waals surface area contributed by atoms with Gasteiger partial charge in [-0.3, -0.25) is 4.79 Å². The molecule has 176 valence electrons. The topological polar surface area (TPSA) is 114 Å². The fourth-order valence-electron chi connectivity index (χ4n) is 4.17. The number of aromatic hydroxyl groups is 1. The van der Waals surface area contributed by atoms with Gasteiger partial charge in [0.05, 0.1) is 22.7 Å². The van der Waals surface area contributed by atoms with Gasteiger partial charge in [-0.25, -0.2) is 9.97 Å². The molecule has 2 heterocycles. The van der Waals surface area contributed by atoms with E-state index in [1.807, 2.05) is 6.07 Å². The molecule has 0 saturated carbocycles. The fourth-order valence-corrected chi connectivity index (χ4v) is 4.17. The minimum Gasteiger partial charge on any atom is -0.507 e. The molecule has 1 atom stereocenters. The van der Waals surface area contributed by atoms with Crippen molar-refractivity contribution in [1.82, 2.24) is 14.9 Å². The van der Waals surface area contributed by atoms with E-state index in [1.165, 1.54) is 0 Å². The number of hydrogen-bond acceptors (Lipinski definition) is 7. The quantitative estimate of drug-likeness (QED) is 0.581. The van der Waals surface area contributed by atoms with Gasteiger partial charge >= 0.3 is 0 Å². The number of anilines is 1. The van der Waals surface area contributed by atoms with E-state index >= 15 is 0 Å². The third kappa shape index (κ3) is 4.95. The zero-order valence-corrected chi connectivity index (χ0v) is 19.5. The third-order valence-corrected chi connectivity index (χ3v) is 6.14. The van der Waals surface area contributed by atoms with Crippen LogP contribution in [0.1, 0.15) is 32.3 Å². The van der Waals surface area contributed by atoms with Crippen LogP contribution in [0.2, 0.25) is 0 Å². The Morgan fingerprint density at radius 2 is 1.82 bits per heavy atom. The van der Waals surface area contributed by atoms with E-state index in [4.69, 9.17) is 4.98 Å². The van der Waals surface area contributed by atoms with Crippen molar-refractivity contribution in [3.63, 3.8) is 0 Å². The third-order valence-electron chi connectivity index (χ3n) is 6.14. The second-order valence-electron chi connectivity index (χ2n) is 9.03. The van der Waals surface area contributed by atoms with Gasteiger partial charge in [0.2, 0.25) is 0 Å². The number of hydrogen-bond donors (Lipinski definition) is 2. The molecule has 0 aliphatic carbocycles. The van der Waals surface area contributed by atoms with E-state index in [1.54, 1.807) is 41.3 Å². The summed E-state index contributed by atoms with van der Waals surface area (Å²) in [5.74, 6) is 1.35. The summed E-state index contributed by atoms with van der Waals surface area (Å²) < 4.78 is 0. The van der Waals surface area contributed by atoms with Crippen molar-refractivity contribution in [3.8, 4) is 23.2 Å². The first kappa shape index (κ1) is 23.5. The molecule has 8 nitrogen and oxygen atoms in total. The Morgan fingerprint density at radius 3 is 2.50 bits per heavy atom. The smallest absolute Gasteiger partial charge is 0.251 e. The molecule has 0 radical (unpaired) electrons. The Balaban J connectivity index is 1.62. The van der Waals surface area contributed by atoms with Crippen molar-refractivity contribution in [3.05, 3.63) is 48.0 Å². The zero-order valence-electron chi connectivity index (χ0n) is 19.5. The molecule has 34 heavy (non-hydrogen) atoms. The summed E-state index contributed by atoms with van der Waals surface area (Å²) in [5, 5.41) is 30.8. The van der Waals surface area contributed by atoms with E-state index in [2.05, 4.69) is 29.8 Å². The summed E-state index contributed by atoms with van der Waals surface area (Å²) >= 11 is 0. The molecule has 8 heteroatoms. The van der Waals surface area contributed by atoms with Crippen LogP contribution >= 0.6 is 0 Å². The fraction of sp³-hybridized carbons (Fsp3) is 0.385. The number of piperazine rings is 1. The van der Waals surface area contributed by atoms with Gasteiger partial charge in [-0.1, -0.05) is 26.0 Å². The summed E-state index contributed by atoms with van der Waals surface area (Å²) in [5.41, 5.74) is 1.71. The van der Waals surface area contributed by atoms with Gasteiger partial charge in [0.15, 0.2) is 5.82 Å². The first-order valence-electron chi connectivity index (χ1n) is 11.6. The van der Waals surface area contributed by atoms with Crippen LogP contribution in [0.3, 0.4) is 0 Å². The number of para-hydroxylation sites is 1. The highest BCUT2D eigenvalue weighted by Crippen LogP contribution is 2.32. The van der Waals surface area contributed by atoms with Gasteiger partial charge in [-0.05, 0) is 49.1 Å². The highest BCUT2D eigenvalue weighted by molar-refractivity contribution is 5.92. The maximum atomic E-state index is 12.7. The largest absolute Gasteiger partial charge is 0.507 e. The number of carbonyl (C=O) groups is 1. The Hall–Kier alpha value is -3.70. The monoisotopic (exact) mass is 459 g/mol. The van der Waals surface area contributed by atoms with Crippen LogP contribution in [0.5, 0.6) is 5.75 Å². The van der Waals surface area contributed by atoms with E-state index in [0.717, 1.165) is 11.8 Å². The molecule has 2 N–H and O–H groups in total. The van der Waals surface area contributed by atoms with Gasteiger partial charge in [0.25, 0.3) is 5.91 Å². The van der Waals surface area contributed by atoms with Crippen molar-refractivity contribution in [2.24, 2.45) is 5.92 Å². The molecule has 1 aromatic heterocycles. The molecule has 1 unspecified atom stereocenters. The van der Waals surface area contributed by atoms with Crippen LogP contribution in [-0.2, 0) is 4.79 Å². The van der Waals surface area contributed by atoms with Crippen molar-refractivity contribution in [2.45, 2.75) is 32.8 Å². The number of nitrogens with zero attached hydrogens (tertiary/aromatic N) is 5. The number of amides is 1. The lowest BCUT2D eigenvalue weighted by Crippen LogP contribution is -2.51. The van der Waals surface area contributed by atoms with Crippen molar-refractivity contribution in [2.75, 3.05) is 31.1 Å². The maximum absolute atomic E-state index is 12.7. The first-order chi connectivity index (χ1) is 16.4. The van der Waals surface area contributed by atoms with E-state index in [-0.39, 0.29) is 11.7 Å². The maximum Gasteiger partial charge on any atom is 0.251 e. The number of carbonyl (C=O) groups excluding carboxylic acids is 1. The predicted octanol–water partition coefficient (Wildman–Crippen LogP) is 3.32. The number of benzene rings is 2. The molecule has 1 aliphatic heterocycles. The van der Waals surface area contributed by atoms with Crippen molar-refractivity contribution >= 4 is 22.6 Å². The molecule has 3 aromatic rings. The summed E-state index contributed by atoms with van der Waals surface area (Å²) in [6.07, 6.45) is 0.296. The van der Waals surface area contributed by atoms with Crippen LogP contribution in [0.15, 0.2) is 42.5 Å². The van der Waals surface area contributed by atoms with Gasteiger partial charge < -0.3 is 20.0 Å². The van der Waals surface area contributed by atoms with Crippen molar-refractivity contribution < 1.29 is 15.0 Å². The van der Waals surface area contributed by atoms with Crippen LogP contribution in [0.25, 0.3) is 22.3 Å². The first-order valence-corrected chi connectivity index (χ1v) is 11.6. The Morgan fingerprint density at radius 1 is 1.09 bits per heavy atom. The standard InChI is InChI=1S/C26H29N5O3/c1-17(2)7-10-23(33)26(34)31-13-11-30(12-14-31)25-20-15-18(16-27)8-9-21(20)28-24(29-25)19-5-3-4-6-22(19)32/h3-6,8-9,15,17,23,32-33H,7,10-14H2,1-2H3. The molecule has 1 saturated heterocycles. The number of aliphatic hydroxyl groups excluding tert-OH is 1. The number of rotatable bonds is 6. The Kier molecular flexibility index (Phi) is 6.94. The molecular weight excluding hydrogens is 430 g/mol. The van der Waals surface area contributed by atoms with E-state index in [9.17, 15) is 20.3 Å². The minimum absolute atomic E-state index is 0.0900. The Labute approximate surface area is 199 Å². The summed E-state index contributed by atoms with van der Waals surface area (Å²) in [6, 6.07) is 14.3. The van der Waals surface area contributed by atoms with Crippen molar-refractivity contribution in [1.29, 1.82) is 5.26 Å². The normalized spacial score (nSPS) is 14.9. The predicted molar refractivity (Wildman–Crippen MR) is 130 cm³/mol. The average Bonchev–Trinajstić information content (AvgIpc) is 2.86. The lowest BCUT2D eigenvalue weighted by molar-refractivity contribution is -0.140. The SMILES string of the molecule is CC(C)CCC(O)C(=O)N1CCN(c2nc(-c3ccccc3O)nc3ccc(C#N)cc23)CC1. The van der Waals surface area contributed by atoms with Crippen LogP contribution < -0.4 is 4.90 Å². The van der Waals surface area contributed by atoms with Gasteiger partial charge in [0, 0.05) is 31.6 Å². The van der Waals surface area contributed by atoms with Crippen LogP contribution in [-0.4, -0.2) is 63.3 Å². The molecule has 0 bridgehead atoms. The van der Waals surface area contributed by atoms with Gasteiger partial charge in [-0.15, -0.1) is 0 Å². The molecule has 1 fully saturated rings. The number of phenolic OH excluding ortho intramolecular Hbond substituents is 1. The number of nitriles is 1. The van der Waals surface area contributed by atoms with Crippen LogP contribution in [0.4, 0.5) is 5.82 Å². The number of phenols is 1. The highest BCUT2D eigenvalue weighted by Gasteiger charge is 2.28. The molecule has 2 aromatic carbocycles. The summed E-state index contributed by atoms with van der Waals surface area (Å²) in [4.78, 5) is 25.9. The molecule has 1 aliphatic rings. The lowest BCUT2D eigenvalue weighted by Gasteiger charge is -2.36. The average molecular weight is 460 g/mol. The minimum atomic E-state index is -0.973. The number of aliphatic hydroxyl groups is 1. The number of fused-ring (bicyclic) bond motifs is 1. The molecule has 4 rings (SSSR count). The van der Waals surface area contributed by atoms with Gasteiger partial charge in [-0.2, -0.15) is 5.26 Å². The highest BCUT2D eigenvalue weighted by atomic mass is 16.3. The second-order valence-corrected chi connectivity index (χ2v) is 9.03. The molecule has 1 amide bonds. The summed E-state index contributed by atoms with van der Waals surface area (Å²) in [6.45, 7) is 6.14. The van der Waals surface area contributed by atoms with E-state index in [0.29, 0.717) is 66.8 Å². The lowest BCUT2D eigenvalue weighted by atomic mass is 10.0. The molecular formula is C26H29N5O3. The van der Waals surface area contributed by atoms with Gasteiger partial charge in [0.1, 0.15) is 17.7 Å². The number of aromatic nitrogens is 2. The van der Waals surface area contributed by atoms with Crippen LogP contribution in [0, 0.1) is 17.2 Å². The molecule has 0 spiro atoms. The Bertz CT molecular complexity index is 1230. The zero-order chi connectivity index (χ0) is 24.2.